The number of carbonyl (C=O) groups excluding carboxylic acids is 1. The van der Waals surface area contributed by atoms with Crippen molar-refractivity contribution in [2.45, 2.75) is 26.2 Å². The number of amides is 2. The number of nitrogens with zero attached hydrogens (tertiary/aromatic N) is 1. The summed E-state index contributed by atoms with van der Waals surface area (Å²) in [6, 6.07) is 13.6. The Hall–Kier alpha value is -2.74. The molecule has 1 fully saturated rings. The molecule has 0 spiro atoms. The fourth-order valence-corrected chi connectivity index (χ4v) is 4.47. The number of nitrogens with one attached hydrogen (secondary N) is 2. The summed E-state index contributed by atoms with van der Waals surface area (Å²) in [6.07, 6.45) is 2.71. The van der Waals surface area contributed by atoms with E-state index >= 15 is 0 Å². The normalized spacial score (nSPS) is 15.2. The maximum absolute atomic E-state index is 12.2. The zero-order chi connectivity index (χ0) is 20.0. The number of ether oxygens (including phenoxy) is 1. The zero-order valence-corrected chi connectivity index (χ0v) is 16.7. The maximum Gasteiger partial charge on any atom is 0.323 e. The van der Waals surface area contributed by atoms with Crippen molar-refractivity contribution in [3.05, 3.63) is 48.5 Å². The molecule has 1 saturated heterocycles. The second kappa shape index (κ2) is 8.97. The molecule has 2 N–H and O–H groups in total. The molecule has 1 aliphatic rings. The van der Waals surface area contributed by atoms with E-state index in [-0.39, 0.29) is 11.8 Å². The predicted molar refractivity (Wildman–Crippen MR) is 112 cm³/mol. The Morgan fingerprint density at radius 2 is 1.64 bits per heavy atom. The summed E-state index contributed by atoms with van der Waals surface area (Å²) in [5.74, 6) is 0.949. The summed E-state index contributed by atoms with van der Waals surface area (Å²) in [5, 5.41) is 5.49. The molecule has 150 valence electrons. The standard InChI is InChI=1S/C20H25N3O4S/c1-2-3-14-27-19-11-7-17(8-12-19)22-20(24)21-16-5-9-18(10-6-16)23-13-4-15-28(23,25)26/h5-12H,2-4,13-15H2,1H3,(H2,21,22,24). The number of sulfonamides is 1. The SMILES string of the molecule is CCCCOc1ccc(NC(=O)Nc2ccc(N3CCCS3(=O)=O)cc2)cc1. The van der Waals surface area contributed by atoms with Crippen LogP contribution >= 0.6 is 0 Å². The van der Waals surface area contributed by atoms with E-state index in [0.29, 0.717) is 36.6 Å². The summed E-state index contributed by atoms with van der Waals surface area (Å²) < 4.78 is 30.9. The number of unbranched alkanes of at least 4 members (excludes halogenated alkanes) is 1. The van der Waals surface area contributed by atoms with Gasteiger partial charge in [0.05, 0.1) is 18.0 Å². The van der Waals surface area contributed by atoms with Crippen molar-refractivity contribution in [2.24, 2.45) is 0 Å². The molecular formula is C20H25N3O4S. The van der Waals surface area contributed by atoms with Crippen molar-refractivity contribution >= 4 is 33.1 Å². The van der Waals surface area contributed by atoms with Gasteiger partial charge >= 0.3 is 6.03 Å². The van der Waals surface area contributed by atoms with Gasteiger partial charge in [-0.05, 0) is 61.4 Å². The van der Waals surface area contributed by atoms with Gasteiger partial charge in [0.25, 0.3) is 0 Å². The molecule has 2 aromatic rings. The van der Waals surface area contributed by atoms with E-state index in [1.54, 1.807) is 36.4 Å². The third-order valence-electron chi connectivity index (χ3n) is 4.39. The van der Waals surface area contributed by atoms with Crippen LogP contribution in [0, 0.1) is 0 Å². The van der Waals surface area contributed by atoms with Gasteiger partial charge in [-0.2, -0.15) is 0 Å². The lowest BCUT2D eigenvalue weighted by Crippen LogP contribution is -2.25. The summed E-state index contributed by atoms with van der Waals surface area (Å²) in [6.45, 7) is 3.28. The van der Waals surface area contributed by atoms with E-state index in [0.717, 1.165) is 18.6 Å². The number of rotatable bonds is 7. The van der Waals surface area contributed by atoms with Crippen LogP contribution in [0.5, 0.6) is 5.75 Å². The lowest BCUT2D eigenvalue weighted by Gasteiger charge is -2.17. The van der Waals surface area contributed by atoms with E-state index < -0.39 is 10.0 Å². The lowest BCUT2D eigenvalue weighted by molar-refractivity contribution is 0.262. The average molecular weight is 404 g/mol. The van der Waals surface area contributed by atoms with Gasteiger partial charge in [0, 0.05) is 17.9 Å². The van der Waals surface area contributed by atoms with Crippen LogP contribution in [0.4, 0.5) is 21.9 Å². The molecule has 3 rings (SSSR count). The van der Waals surface area contributed by atoms with Crippen LogP contribution in [0.2, 0.25) is 0 Å². The first-order valence-corrected chi connectivity index (χ1v) is 11.0. The minimum absolute atomic E-state index is 0.178. The second-order valence-electron chi connectivity index (χ2n) is 6.59. The fourth-order valence-electron chi connectivity index (χ4n) is 2.90. The van der Waals surface area contributed by atoms with Crippen LogP contribution in [0.1, 0.15) is 26.2 Å². The largest absolute Gasteiger partial charge is 0.494 e. The fraction of sp³-hybridized carbons (Fsp3) is 0.350. The molecule has 2 amide bonds. The molecule has 8 heteroatoms. The van der Waals surface area contributed by atoms with Gasteiger partial charge in [0.15, 0.2) is 0 Å². The molecule has 1 aliphatic heterocycles. The number of hydrogen-bond acceptors (Lipinski definition) is 4. The third kappa shape index (κ3) is 5.16. The van der Waals surface area contributed by atoms with Crippen molar-refractivity contribution < 1.29 is 17.9 Å². The summed E-state index contributed by atoms with van der Waals surface area (Å²) >= 11 is 0. The Kier molecular flexibility index (Phi) is 6.41. The molecule has 0 aromatic heterocycles. The summed E-state index contributed by atoms with van der Waals surface area (Å²) in [7, 11) is -3.20. The van der Waals surface area contributed by atoms with Gasteiger partial charge in [0.1, 0.15) is 5.75 Å². The number of hydrogen-bond donors (Lipinski definition) is 2. The molecule has 0 saturated carbocycles. The molecular weight excluding hydrogens is 378 g/mol. The van der Waals surface area contributed by atoms with Crippen LogP contribution in [0.3, 0.4) is 0 Å². The highest BCUT2D eigenvalue weighted by molar-refractivity contribution is 7.93. The van der Waals surface area contributed by atoms with Crippen molar-refractivity contribution in [2.75, 3.05) is 33.8 Å². The monoisotopic (exact) mass is 403 g/mol. The molecule has 2 aromatic carbocycles. The Labute approximate surface area is 165 Å². The van der Waals surface area contributed by atoms with Crippen molar-refractivity contribution in [3.63, 3.8) is 0 Å². The van der Waals surface area contributed by atoms with Gasteiger partial charge in [-0.1, -0.05) is 13.3 Å². The number of urea groups is 1. The van der Waals surface area contributed by atoms with Gasteiger partial charge in [0.2, 0.25) is 10.0 Å². The molecule has 0 atom stereocenters. The van der Waals surface area contributed by atoms with Crippen LogP contribution in [-0.2, 0) is 10.0 Å². The number of benzene rings is 2. The summed E-state index contributed by atoms with van der Waals surface area (Å²) in [5.41, 5.74) is 1.85. The van der Waals surface area contributed by atoms with Gasteiger partial charge in [-0.15, -0.1) is 0 Å². The zero-order valence-electron chi connectivity index (χ0n) is 15.8. The maximum atomic E-state index is 12.2. The van der Waals surface area contributed by atoms with Crippen LogP contribution < -0.4 is 19.7 Å². The van der Waals surface area contributed by atoms with Gasteiger partial charge in [-0.25, -0.2) is 13.2 Å². The van der Waals surface area contributed by atoms with Gasteiger partial charge in [-0.3, -0.25) is 4.31 Å². The Morgan fingerprint density at radius 3 is 2.18 bits per heavy atom. The average Bonchev–Trinajstić information content (AvgIpc) is 3.03. The quantitative estimate of drug-likeness (QED) is 0.683. The second-order valence-corrected chi connectivity index (χ2v) is 8.61. The van der Waals surface area contributed by atoms with Crippen molar-refractivity contribution in [3.8, 4) is 5.75 Å². The topological polar surface area (TPSA) is 87.7 Å². The van der Waals surface area contributed by atoms with Gasteiger partial charge < -0.3 is 15.4 Å². The minimum Gasteiger partial charge on any atom is -0.494 e. The van der Waals surface area contributed by atoms with Crippen LogP contribution in [0.25, 0.3) is 0 Å². The molecule has 0 unspecified atom stereocenters. The highest BCUT2D eigenvalue weighted by Gasteiger charge is 2.28. The smallest absolute Gasteiger partial charge is 0.323 e. The van der Waals surface area contributed by atoms with E-state index in [4.69, 9.17) is 4.74 Å². The van der Waals surface area contributed by atoms with Crippen molar-refractivity contribution in [1.82, 2.24) is 0 Å². The third-order valence-corrected chi connectivity index (χ3v) is 6.26. The number of anilines is 3. The first-order valence-electron chi connectivity index (χ1n) is 9.39. The lowest BCUT2D eigenvalue weighted by atomic mass is 10.2. The van der Waals surface area contributed by atoms with Crippen LogP contribution in [-0.4, -0.2) is 33.4 Å². The number of carbonyl (C=O) groups is 1. The van der Waals surface area contributed by atoms with E-state index in [1.807, 2.05) is 12.1 Å². The minimum atomic E-state index is -3.20. The first-order chi connectivity index (χ1) is 13.5. The molecule has 0 aliphatic carbocycles. The molecule has 0 bridgehead atoms. The Morgan fingerprint density at radius 1 is 1.04 bits per heavy atom. The molecule has 28 heavy (non-hydrogen) atoms. The highest BCUT2D eigenvalue weighted by atomic mass is 32.2. The Bertz CT molecular complexity index is 896. The highest BCUT2D eigenvalue weighted by Crippen LogP contribution is 2.25. The molecule has 7 nitrogen and oxygen atoms in total. The van der Waals surface area contributed by atoms with Crippen molar-refractivity contribution in [1.29, 1.82) is 0 Å². The predicted octanol–water partition coefficient (Wildman–Crippen LogP) is 4.05. The first kappa shape index (κ1) is 20.0. The Balaban J connectivity index is 1.53. The molecule has 0 radical (unpaired) electrons. The summed E-state index contributed by atoms with van der Waals surface area (Å²) in [4.78, 5) is 12.2. The van der Waals surface area contributed by atoms with Crippen LogP contribution in [0.15, 0.2) is 48.5 Å². The van der Waals surface area contributed by atoms with E-state index in [9.17, 15) is 13.2 Å². The van der Waals surface area contributed by atoms with E-state index in [2.05, 4.69) is 17.6 Å². The molecule has 1 heterocycles. The van der Waals surface area contributed by atoms with E-state index in [1.165, 1.54) is 4.31 Å².